The molecule has 2 aromatic heterocycles. The average Bonchev–Trinajstić information content (AvgIpc) is 3.50. The Morgan fingerprint density at radius 3 is 2.70 bits per heavy atom. The minimum atomic E-state index is 0.0613. The van der Waals surface area contributed by atoms with Crippen LogP contribution in [0.4, 0.5) is 0 Å². The fourth-order valence-corrected chi connectivity index (χ4v) is 5.89. The van der Waals surface area contributed by atoms with Crippen LogP contribution in [0.15, 0.2) is 81.6 Å². The predicted octanol–water partition coefficient (Wildman–Crippen LogP) is 4.95. The molecule has 1 fully saturated rings. The lowest BCUT2D eigenvalue weighted by atomic mass is 9.80. The Balaban J connectivity index is 1.41. The van der Waals surface area contributed by atoms with Gasteiger partial charge in [0.25, 0.3) is 5.84 Å². The van der Waals surface area contributed by atoms with E-state index >= 15 is 0 Å². The number of aromatic nitrogens is 1. The first kappa shape index (κ1) is 20.6. The molecule has 0 spiro atoms. The molecule has 0 bridgehead atoms. The monoisotopic (exact) mass is 455 g/mol. The third-order valence-corrected chi connectivity index (χ3v) is 8.01. The van der Waals surface area contributed by atoms with Gasteiger partial charge < -0.3 is 5.73 Å². The zero-order chi connectivity index (χ0) is 22.4. The molecule has 0 saturated heterocycles. The van der Waals surface area contributed by atoms with Crippen molar-refractivity contribution in [2.45, 2.75) is 25.7 Å². The summed E-state index contributed by atoms with van der Waals surface area (Å²) in [7, 11) is 0. The van der Waals surface area contributed by atoms with Crippen molar-refractivity contribution >= 4 is 34.3 Å². The maximum atomic E-state index is 6.97. The van der Waals surface area contributed by atoms with Crippen molar-refractivity contribution in [1.82, 2.24) is 4.98 Å². The van der Waals surface area contributed by atoms with Crippen LogP contribution < -0.4 is 11.6 Å². The van der Waals surface area contributed by atoms with Crippen LogP contribution in [0.5, 0.6) is 0 Å². The van der Waals surface area contributed by atoms with E-state index in [1.54, 1.807) is 17.5 Å². The molecular weight excluding hydrogens is 428 g/mol. The molecule has 1 atom stereocenters. The van der Waals surface area contributed by atoms with Crippen molar-refractivity contribution in [2.75, 3.05) is 6.54 Å². The number of hydrogen-bond donors (Lipinski definition) is 2. The first-order valence-electron chi connectivity index (χ1n) is 11.5. The van der Waals surface area contributed by atoms with Gasteiger partial charge in [-0.1, -0.05) is 18.2 Å². The summed E-state index contributed by atoms with van der Waals surface area (Å²) in [6.45, 7) is 0.770. The average molecular weight is 456 g/mol. The number of aliphatic imine (C=N–C) groups is 2. The molecular formula is C26H27N6S+. The third-order valence-electron chi connectivity index (χ3n) is 7.11. The molecule has 4 N–H and O–H groups in total. The number of fused-ring (bicyclic) bond motifs is 2. The lowest BCUT2D eigenvalue weighted by Crippen LogP contribution is -2.53. The molecule has 3 aromatic rings. The Morgan fingerprint density at radius 1 is 1.06 bits per heavy atom. The van der Waals surface area contributed by atoms with Gasteiger partial charge in [-0.2, -0.15) is 10.8 Å². The number of amidine groups is 1. The molecule has 1 aromatic carbocycles. The second-order valence-corrected chi connectivity index (χ2v) is 10.0. The summed E-state index contributed by atoms with van der Waals surface area (Å²) in [5.74, 6) is 8.82. The molecule has 1 saturated carbocycles. The van der Waals surface area contributed by atoms with Crippen LogP contribution in [-0.4, -0.2) is 28.2 Å². The molecule has 3 aliphatic rings. The zero-order valence-electron chi connectivity index (χ0n) is 18.4. The SMILES string of the molecule is NCC1CCC(C2=C3C=NC=C[N+]3(N)C(c3ccc4ccc(-c5cccs5)nc4c3)=N2)CC1. The van der Waals surface area contributed by atoms with Crippen LogP contribution >= 0.6 is 11.3 Å². The van der Waals surface area contributed by atoms with Gasteiger partial charge in [-0.05, 0) is 67.8 Å². The Labute approximate surface area is 197 Å². The van der Waals surface area contributed by atoms with Crippen LogP contribution in [0, 0.1) is 11.8 Å². The number of benzene rings is 1. The van der Waals surface area contributed by atoms with Crippen LogP contribution in [0.1, 0.15) is 31.2 Å². The lowest BCUT2D eigenvalue weighted by molar-refractivity contribution is -0.750. The molecule has 7 heteroatoms. The van der Waals surface area contributed by atoms with E-state index in [1.165, 1.54) is 0 Å². The Hall–Kier alpha value is -2.97. The van der Waals surface area contributed by atoms with E-state index in [2.05, 4.69) is 52.8 Å². The molecule has 0 radical (unpaired) electrons. The Kier molecular flexibility index (Phi) is 5.07. The fourth-order valence-electron chi connectivity index (χ4n) is 5.20. The highest BCUT2D eigenvalue weighted by Crippen LogP contribution is 2.41. The lowest BCUT2D eigenvalue weighted by Gasteiger charge is -2.29. The zero-order valence-corrected chi connectivity index (χ0v) is 19.2. The molecule has 1 unspecified atom stereocenters. The molecule has 166 valence electrons. The molecule has 0 amide bonds. The van der Waals surface area contributed by atoms with Gasteiger partial charge in [0.15, 0.2) is 0 Å². The molecule has 6 nitrogen and oxygen atoms in total. The Morgan fingerprint density at radius 2 is 1.91 bits per heavy atom. The van der Waals surface area contributed by atoms with Crippen molar-refractivity contribution in [1.29, 1.82) is 0 Å². The fraction of sp³-hybridized carbons (Fsp3) is 0.269. The molecule has 6 rings (SSSR count). The summed E-state index contributed by atoms with van der Waals surface area (Å²) >= 11 is 1.70. The minimum absolute atomic E-state index is 0.0613. The highest BCUT2D eigenvalue weighted by molar-refractivity contribution is 7.13. The van der Waals surface area contributed by atoms with Gasteiger partial charge in [-0.15, -0.1) is 15.9 Å². The molecule has 2 aliphatic heterocycles. The number of quaternary nitrogens is 1. The van der Waals surface area contributed by atoms with E-state index in [0.29, 0.717) is 11.8 Å². The van der Waals surface area contributed by atoms with Crippen LogP contribution in [0.25, 0.3) is 21.5 Å². The highest BCUT2D eigenvalue weighted by Gasteiger charge is 2.46. The number of allylic oxidation sites excluding steroid dienone is 2. The molecule has 1 aliphatic carbocycles. The topological polar surface area (TPSA) is 89.6 Å². The van der Waals surface area contributed by atoms with Crippen molar-refractivity contribution in [2.24, 2.45) is 33.4 Å². The van der Waals surface area contributed by atoms with E-state index in [1.807, 2.05) is 12.4 Å². The van der Waals surface area contributed by atoms with E-state index in [0.717, 1.165) is 76.5 Å². The van der Waals surface area contributed by atoms with Gasteiger partial charge in [0, 0.05) is 11.3 Å². The number of nitrogens with zero attached hydrogens (tertiary/aromatic N) is 4. The summed E-state index contributed by atoms with van der Waals surface area (Å²) < 4.78 is 0.0613. The largest absolute Gasteiger partial charge is 0.330 e. The number of nitrogens with two attached hydrogens (primary N) is 2. The summed E-state index contributed by atoms with van der Waals surface area (Å²) in [6.07, 6.45) is 10.1. The van der Waals surface area contributed by atoms with Gasteiger partial charge >= 0.3 is 0 Å². The first-order valence-corrected chi connectivity index (χ1v) is 12.4. The van der Waals surface area contributed by atoms with Gasteiger partial charge in [-0.3, -0.25) is 4.99 Å². The van der Waals surface area contributed by atoms with Crippen molar-refractivity contribution in [3.8, 4) is 10.6 Å². The smallest absolute Gasteiger partial charge is 0.264 e. The second-order valence-electron chi connectivity index (χ2n) is 9.09. The summed E-state index contributed by atoms with van der Waals surface area (Å²) in [4.78, 5) is 15.7. The summed E-state index contributed by atoms with van der Waals surface area (Å²) in [6, 6.07) is 14.7. The maximum absolute atomic E-state index is 6.97. The van der Waals surface area contributed by atoms with E-state index < -0.39 is 0 Å². The predicted molar refractivity (Wildman–Crippen MR) is 135 cm³/mol. The van der Waals surface area contributed by atoms with Gasteiger partial charge in [0.05, 0.1) is 34.1 Å². The summed E-state index contributed by atoms with van der Waals surface area (Å²) in [5.41, 5.74) is 10.9. The van der Waals surface area contributed by atoms with Crippen LogP contribution in [-0.2, 0) is 0 Å². The van der Waals surface area contributed by atoms with Crippen molar-refractivity contribution < 1.29 is 4.59 Å². The quantitative estimate of drug-likeness (QED) is 0.431. The standard InChI is InChI=1S/C26H27N6S/c27-15-17-3-5-19(6-4-17)25-23-16-29-11-12-32(23,28)26(31-25)20-8-7-18-9-10-21(30-22(18)14-20)24-2-1-13-33-24/h1-2,7-14,16-17,19H,3-6,15,27-28H2/q+1. The number of hydrogen-bond acceptors (Lipinski definition) is 6. The van der Waals surface area contributed by atoms with Gasteiger partial charge in [-0.25, -0.2) is 4.98 Å². The van der Waals surface area contributed by atoms with Crippen molar-refractivity contribution in [3.63, 3.8) is 0 Å². The van der Waals surface area contributed by atoms with Gasteiger partial charge in [0.2, 0.25) is 5.70 Å². The first-order chi connectivity index (χ1) is 16.2. The third kappa shape index (κ3) is 3.48. The molecule has 33 heavy (non-hydrogen) atoms. The second kappa shape index (κ2) is 8.11. The number of thiophene rings is 1. The van der Waals surface area contributed by atoms with E-state index in [4.69, 9.17) is 21.6 Å². The van der Waals surface area contributed by atoms with E-state index in [9.17, 15) is 0 Å². The maximum Gasteiger partial charge on any atom is 0.264 e. The normalized spacial score (nSPS) is 26.7. The van der Waals surface area contributed by atoms with Crippen LogP contribution in [0.2, 0.25) is 0 Å². The Bertz CT molecular complexity index is 1330. The van der Waals surface area contributed by atoms with Gasteiger partial charge in [0.1, 0.15) is 11.9 Å². The van der Waals surface area contributed by atoms with Crippen molar-refractivity contribution in [3.05, 3.63) is 77.2 Å². The highest BCUT2D eigenvalue weighted by atomic mass is 32.1. The van der Waals surface area contributed by atoms with Crippen LogP contribution in [0.3, 0.4) is 0 Å². The minimum Gasteiger partial charge on any atom is -0.330 e. The van der Waals surface area contributed by atoms with E-state index in [-0.39, 0.29) is 4.59 Å². The summed E-state index contributed by atoms with van der Waals surface area (Å²) in [5, 5.41) is 3.18. The molecule has 4 heterocycles. The number of rotatable bonds is 4. The number of pyridine rings is 1.